The number of hydrogen-bond acceptors (Lipinski definition) is 3. The Morgan fingerprint density at radius 1 is 1.47 bits per heavy atom. The lowest BCUT2D eigenvalue weighted by Gasteiger charge is -2.18. The molecule has 1 aromatic heterocycles. The van der Waals surface area contributed by atoms with Crippen LogP contribution in [0.2, 0.25) is 0 Å². The maximum Gasteiger partial charge on any atom is 0.237 e. The van der Waals surface area contributed by atoms with Gasteiger partial charge in [-0.3, -0.25) is 4.79 Å². The van der Waals surface area contributed by atoms with Gasteiger partial charge in [0.2, 0.25) is 5.91 Å². The Balaban J connectivity index is 2.52. The lowest BCUT2D eigenvalue weighted by molar-refractivity contribution is -0.123. The molecule has 0 bridgehead atoms. The normalized spacial score (nSPS) is 15.0. The molecule has 84 valence electrons. The van der Waals surface area contributed by atoms with E-state index in [0.717, 1.165) is 4.88 Å². The summed E-state index contributed by atoms with van der Waals surface area (Å²) in [5, 5.41) is 4.91. The molecule has 0 unspecified atom stereocenters. The predicted octanol–water partition coefficient (Wildman–Crippen LogP) is 1.91. The second-order valence-electron chi connectivity index (χ2n) is 4.02. The van der Waals surface area contributed by atoms with E-state index in [2.05, 4.69) is 5.32 Å². The number of carbonyl (C=O) groups excluding carboxylic acids is 1. The highest BCUT2D eigenvalue weighted by Gasteiger charge is 2.19. The number of nitrogens with one attached hydrogen (secondary N) is 1. The van der Waals surface area contributed by atoms with Crippen LogP contribution in [0.5, 0.6) is 0 Å². The van der Waals surface area contributed by atoms with E-state index >= 15 is 0 Å². The average molecular weight is 226 g/mol. The topological polar surface area (TPSA) is 55.1 Å². The minimum Gasteiger partial charge on any atom is -0.347 e. The summed E-state index contributed by atoms with van der Waals surface area (Å²) in [4.78, 5) is 12.8. The zero-order valence-electron chi connectivity index (χ0n) is 9.36. The van der Waals surface area contributed by atoms with E-state index < -0.39 is 6.04 Å². The van der Waals surface area contributed by atoms with Crippen molar-refractivity contribution in [1.82, 2.24) is 5.32 Å². The molecule has 1 amide bonds. The largest absolute Gasteiger partial charge is 0.347 e. The molecule has 1 heterocycles. The van der Waals surface area contributed by atoms with Crippen LogP contribution in [0.3, 0.4) is 0 Å². The first-order valence-electron chi connectivity index (χ1n) is 5.11. The monoisotopic (exact) mass is 226 g/mol. The quantitative estimate of drug-likeness (QED) is 0.824. The second kappa shape index (κ2) is 5.28. The van der Waals surface area contributed by atoms with Crippen LogP contribution in [0.25, 0.3) is 0 Å². The van der Waals surface area contributed by atoms with Crippen molar-refractivity contribution in [2.75, 3.05) is 0 Å². The molecule has 0 saturated heterocycles. The Bertz CT molecular complexity index is 308. The molecule has 0 aliphatic heterocycles. The highest BCUT2D eigenvalue weighted by atomic mass is 32.1. The number of carbonyl (C=O) groups is 1. The number of hydrogen-bond donors (Lipinski definition) is 2. The minimum atomic E-state index is -0.424. The zero-order valence-corrected chi connectivity index (χ0v) is 10.2. The highest BCUT2D eigenvalue weighted by molar-refractivity contribution is 7.10. The van der Waals surface area contributed by atoms with E-state index in [0.29, 0.717) is 0 Å². The summed E-state index contributed by atoms with van der Waals surface area (Å²) < 4.78 is 0. The molecule has 0 saturated carbocycles. The van der Waals surface area contributed by atoms with Crippen LogP contribution in [-0.4, -0.2) is 11.9 Å². The molecule has 3 nitrogen and oxygen atoms in total. The molecule has 4 heteroatoms. The van der Waals surface area contributed by atoms with Gasteiger partial charge < -0.3 is 11.1 Å². The molecule has 0 aliphatic carbocycles. The first-order chi connectivity index (χ1) is 7.02. The molecular weight excluding hydrogens is 208 g/mol. The van der Waals surface area contributed by atoms with Crippen molar-refractivity contribution in [1.29, 1.82) is 0 Å². The van der Waals surface area contributed by atoms with Crippen LogP contribution in [0.1, 0.15) is 31.7 Å². The van der Waals surface area contributed by atoms with E-state index in [1.165, 1.54) is 0 Å². The molecule has 0 radical (unpaired) electrons. The van der Waals surface area contributed by atoms with E-state index in [4.69, 9.17) is 5.73 Å². The SMILES string of the molecule is CC(C)[C@H](N)C(=O)N[C@H](C)c1cccs1. The van der Waals surface area contributed by atoms with Gasteiger partial charge in [-0.2, -0.15) is 0 Å². The number of amides is 1. The van der Waals surface area contributed by atoms with Crippen molar-refractivity contribution in [2.24, 2.45) is 11.7 Å². The van der Waals surface area contributed by atoms with Gasteiger partial charge in [-0.15, -0.1) is 11.3 Å². The molecule has 0 aliphatic rings. The lowest BCUT2D eigenvalue weighted by Crippen LogP contribution is -2.44. The summed E-state index contributed by atoms with van der Waals surface area (Å²) in [6.07, 6.45) is 0. The summed E-state index contributed by atoms with van der Waals surface area (Å²) in [6, 6.07) is 3.61. The fourth-order valence-corrected chi connectivity index (χ4v) is 1.96. The maximum absolute atomic E-state index is 11.7. The number of nitrogens with two attached hydrogens (primary N) is 1. The third-order valence-electron chi connectivity index (χ3n) is 2.35. The van der Waals surface area contributed by atoms with Crippen molar-refractivity contribution in [3.63, 3.8) is 0 Å². The van der Waals surface area contributed by atoms with Gasteiger partial charge in [0.1, 0.15) is 0 Å². The van der Waals surface area contributed by atoms with Crippen molar-refractivity contribution in [3.8, 4) is 0 Å². The standard InChI is InChI=1S/C11H18N2OS/c1-7(2)10(12)11(14)13-8(3)9-5-4-6-15-9/h4-8,10H,12H2,1-3H3,(H,13,14)/t8-,10+/m1/s1. The van der Waals surface area contributed by atoms with E-state index in [1.54, 1.807) is 11.3 Å². The summed E-state index contributed by atoms with van der Waals surface area (Å²) in [7, 11) is 0. The predicted molar refractivity (Wildman–Crippen MR) is 63.7 cm³/mol. The number of thiophene rings is 1. The van der Waals surface area contributed by atoms with Crippen LogP contribution in [-0.2, 0) is 4.79 Å². The lowest BCUT2D eigenvalue weighted by atomic mass is 10.0. The Hall–Kier alpha value is -0.870. The average Bonchev–Trinajstić information content (AvgIpc) is 2.68. The molecule has 3 N–H and O–H groups in total. The third kappa shape index (κ3) is 3.32. The number of rotatable bonds is 4. The maximum atomic E-state index is 11.7. The van der Waals surface area contributed by atoms with Crippen molar-refractivity contribution in [2.45, 2.75) is 32.9 Å². The molecule has 15 heavy (non-hydrogen) atoms. The van der Waals surface area contributed by atoms with Crippen LogP contribution < -0.4 is 11.1 Å². The van der Waals surface area contributed by atoms with Gasteiger partial charge in [-0.1, -0.05) is 19.9 Å². The Morgan fingerprint density at radius 3 is 2.60 bits per heavy atom. The molecule has 0 spiro atoms. The summed E-state index contributed by atoms with van der Waals surface area (Å²) in [5.74, 6) is 0.0893. The van der Waals surface area contributed by atoms with Gasteiger partial charge in [-0.05, 0) is 24.3 Å². The fraction of sp³-hybridized carbons (Fsp3) is 0.545. The molecule has 1 rings (SSSR count). The summed E-state index contributed by atoms with van der Waals surface area (Å²) in [6.45, 7) is 5.86. The van der Waals surface area contributed by atoms with Gasteiger partial charge in [0.25, 0.3) is 0 Å². The van der Waals surface area contributed by atoms with Gasteiger partial charge >= 0.3 is 0 Å². The molecule has 0 aromatic carbocycles. The third-order valence-corrected chi connectivity index (χ3v) is 3.40. The Kier molecular flexibility index (Phi) is 4.29. The van der Waals surface area contributed by atoms with Crippen LogP contribution in [0.4, 0.5) is 0 Å². The van der Waals surface area contributed by atoms with Gasteiger partial charge in [-0.25, -0.2) is 0 Å². The first-order valence-corrected chi connectivity index (χ1v) is 5.99. The minimum absolute atomic E-state index is 0.0438. The van der Waals surface area contributed by atoms with E-state index in [9.17, 15) is 4.79 Å². The Morgan fingerprint density at radius 2 is 2.13 bits per heavy atom. The van der Waals surface area contributed by atoms with Crippen molar-refractivity contribution >= 4 is 17.2 Å². The van der Waals surface area contributed by atoms with E-state index in [1.807, 2.05) is 38.3 Å². The van der Waals surface area contributed by atoms with E-state index in [-0.39, 0.29) is 17.9 Å². The Labute approximate surface area is 94.7 Å². The summed E-state index contributed by atoms with van der Waals surface area (Å²) >= 11 is 1.64. The van der Waals surface area contributed by atoms with Gasteiger partial charge in [0.05, 0.1) is 12.1 Å². The first kappa shape index (κ1) is 12.2. The van der Waals surface area contributed by atoms with Crippen molar-refractivity contribution < 1.29 is 4.79 Å². The molecule has 1 aromatic rings. The second-order valence-corrected chi connectivity index (χ2v) is 4.99. The smallest absolute Gasteiger partial charge is 0.237 e. The van der Waals surface area contributed by atoms with Crippen LogP contribution >= 0.6 is 11.3 Å². The van der Waals surface area contributed by atoms with Crippen LogP contribution in [0, 0.1) is 5.92 Å². The molecule has 0 fully saturated rings. The van der Waals surface area contributed by atoms with Crippen molar-refractivity contribution in [3.05, 3.63) is 22.4 Å². The highest BCUT2D eigenvalue weighted by Crippen LogP contribution is 2.18. The molecular formula is C11H18N2OS. The van der Waals surface area contributed by atoms with Crippen LogP contribution in [0.15, 0.2) is 17.5 Å². The fourth-order valence-electron chi connectivity index (χ4n) is 1.22. The van der Waals surface area contributed by atoms with Gasteiger partial charge in [0, 0.05) is 4.88 Å². The molecule has 2 atom stereocenters. The van der Waals surface area contributed by atoms with Gasteiger partial charge in [0.15, 0.2) is 0 Å². The zero-order chi connectivity index (χ0) is 11.4. The summed E-state index contributed by atoms with van der Waals surface area (Å²) in [5.41, 5.74) is 5.75.